The molecule has 1 aromatic rings. The molecule has 0 saturated carbocycles. The molecule has 1 aromatic heterocycles. The molecule has 0 aliphatic heterocycles. The smallest absolute Gasteiger partial charge is 0.0663 e. The number of fused-ring (bicyclic) bond motifs is 1. The van der Waals surface area contributed by atoms with E-state index in [4.69, 9.17) is 0 Å². The summed E-state index contributed by atoms with van der Waals surface area (Å²) in [4.78, 5) is 0. The number of rotatable bonds is 1. The van der Waals surface area contributed by atoms with Crippen molar-refractivity contribution in [3.05, 3.63) is 23.0 Å². The van der Waals surface area contributed by atoms with Gasteiger partial charge in [-0.05, 0) is 43.2 Å². The average Bonchev–Trinajstić information content (AvgIpc) is 2.17. The van der Waals surface area contributed by atoms with E-state index in [1.54, 1.807) is 0 Å². The van der Waals surface area contributed by atoms with Gasteiger partial charge in [0.2, 0.25) is 0 Å². The van der Waals surface area contributed by atoms with Crippen LogP contribution in [0.3, 0.4) is 0 Å². The van der Waals surface area contributed by atoms with Crippen molar-refractivity contribution in [2.24, 2.45) is 0 Å². The third-order valence-electron chi connectivity index (χ3n) is 2.59. The Labute approximate surface area is 73.0 Å². The Morgan fingerprint density at radius 3 is 3.00 bits per heavy atom. The van der Waals surface area contributed by atoms with Crippen molar-refractivity contribution in [1.82, 2.24) is 10.2 Å². The maximum atomic E-state index is 4.16. The first-order chi connectivity index (χ1) is 5.92. The van der Waals surface area contributed by atoms with Crippen LogP contribution in [-0.4, -0.2) is 10.2 Å². The maximum Gasteiger partial charge on any atom is 0.0663 e. The van der Waals surface area contributed by atoms with Crippen LogP contribution in [0.4, 0.5) is 0 Å². The summed E-state index contributed by atoms with van der Waals surface area (Å²) < 4.78 is 0. The minimum Gasteiger partial charge on any atom is -0.159 e. The van der Waals surface area contributed by atoms with Crippen LogP contribution in [0.25, 0.3) is 0 Å². The molecule has 64 valence electrons. The highest BCUT2D eigenvalue weighted by Crippen LogP contribution is 2.22. The molecule has 2 rings (SSSR count). The highest BCUT2D eigenvalue weighted by molar-refractivity contribution is 5.29. The topological polar surface area (TPSA) is 25.8 Å². The molecule has 0 spiro atoms. The van der Waals surface area contributed by atoms with Gasteiger partial charge in [-0.15, -0.1) is 0 Å². The van der Waals surface area contributed by atoms with Gasteiger partial charge in [-0.3, -0.25) is 0 Å². The van der Waals surface area contributed by atoms with Gasteiger partial charge in [-0.2, -0.15) is 10.2 Å². The van der Waals surface area contributed by atoms with Crippen LogP contribution in [0, 0.1) is 0 Å². The normalized spacial score (nSPS) is 15.8. The van der Waals surface area contributed by atoms with Crippen molar-refractivity contribution in [1.29, 1.82) is 0 Å². The lowest BCUT2D eigenvalue weighted by atomic mass is 9.91. The highest BCUT2D eigenvalue weighted by Gasteiger charge is 2.12. The molecule has 1 aliphatic rings. The molecule has 0 aromatic carbocycles. The highest BCUT2D eigenvalue weighted by atomic mass is 15.1. The molecule has 0 atom stereocenters. The first kappa shape index (κ1) is 7.71. The van der Waals surface area contributed by atoms with Crippen LogP contribution in [0.5, 0.6) is 0 Å². The van der Waals surface area contributed by atoms with Crippen LogP contribution < -0.4 is 0 Å². The second-order valence-electron chi connectivity index (χ2n) is 3.36. The summed E-state index contributed by atoms with van der Waals surface area (Å²) in [6.45, 7) is 2.15. The van der Waals surface area contributed by atoms with Gasteiger partial charge in [0.1, 0.15) is 0 Å². The quantitative estimate of drug-likeness (QED) is 0.630. The summed E-state index contributed by atoms with van der Waals surface area (Å²) in [5, 5.41) is 8.18. The standard InChI is InChI=1S/C10H14N2/c1-2-10-9-6-4-3-5-8(9)7-11-12-10/h7H,2-6H2,1H3. The number of hydrogen-bond acceptors (Lipinski definition) is 2. The largest absolute Gasteiger partial charge is 0.159 e. The van der Waals surface area contributed by atoms with Crippen molar-refractivity contribution in [3.63, 3.8) is 0 Å². The van der Waals surface area contributed by atoms with Crippen molar-refractivity contribution in [3.8, 4) is 0 Å². The predicted octanol–water partition coefficient (Wildman–Crippen LogP) is 1.92. The van der Waals surface area contributed by atoms with Crippen molar-refractivity contribution in [2.45, 2.75) is 39.0 Å². The summed E-state index contributed by atoms with van der Waals surface area (Å²) in [6, 6.07) is 0. The molecule has 12 heavy (non-hydrogen) atoms. The molecular weight excluding hydrogens is 148 g/mol. The lowest BCUT2D eigenvalue weighted by Crippen LogP contribution is -2.08. The van der Waals surface area contributed by atoms with Crippen molar-refractivity contribution >= 4 is 0 Å². The van der Waals surface area contributed by atoms with E-state index in [0.717, 1.165) is 6.42 Å². The number of aryl methyl sites for hydroxylation is 2. The Hall–Kier alpha value is -0.920. The van der Waals surface area contributed by atoms with Crippen molar-refractivity contribution in [2.75, 3.05) is 0 Å². The zero-order valence-corrected chi connectivity index (χ0v) is 7.51. The van der Waals surface area contributed by atoms with E-state index in [0.29, 0.717) is 0 Å². The first-order valence-electron chi connectivity index (χ1n) is 4.74. The SMILES string of the molecule is CCc1nncc2c1CCCC2. The Morgan fingerprint density at radius 2 is 2.17 bits per heavy atom. The molecule has 0 amide bonds. The fourth-order valence-corrected chi connectivity index (χ4v) is 1.91. The summed E-state index contributed by atoms with van der Waals surface area (Å²) in [5.74, 6) is 0. The van der Waals surface area contributed by atoms with Crippen LogP contribution in [-0.2, 0) is 19.3 Å². The zero-order chi connectivity index (χ0) is 8.39. The zero-order valence-electron chi connectivity index (χ0n) is 7.51. The van der Waals surface area contributed by atoms with Gasteiger partial charge >= 0.3 is 0 Å². The predicted molar refractivity (Wildman–Crippen MR) is 48.1 cm³/mol. The van der Waals surface area contributed by atoms with Gasteiger partial charge in [0.15, 0.2) is 0 Å². The van der Waals surface area contributed by atoms with Gasteiger partial charge in [-0.1, -0.05) is 6.92 Å². The third kappa shape index (κ3) is 1.22. The van der Waals surface area contributed by atoms with Crippen molar-refractivity contribution < 1.29 is 0 Å². The summed E-state index contributed by atoms with van der Waals surface area (Å²) in [6.07, 6.45) is 8.03. The molecule has 0 unspecified atom stereocenters. The van der Waals surface area contributed by atoms with Gasteiger partial charge < -0.3 is 0 Å². The Bertz CT molecular complexity index is 267. The fraction of sp³-hybridized carbons (Fsp3) is 0.600. The van der Waals surface area contributed by atoms with Gasteiger partial charge in [0.05, 0.1) is 11.9 Å². The van der Waals surface area contributed by atoms with Crippen LogP contribution in [0.2, 0.25) is 0 Å². The van der Waals surface area contributed by atoms with Crippen LogP contribution in [0.15, 0.2) is 6.20 Å². The summed E-state index contributed by atoms with van der Waals surface area (Å²) in [5.41, 5.74) is 4.14. The monoisotopic (exact) mass is 162 g/mol. The Kier molecular flexibility index (Phi) is 2.07. The lowest BCUT2D eigenvalue weighted by Gasteiger charge is -2.16. The summed E-state index contributed by atoms with van der Waals surface area (Å²) >= 11 is 0. The summed E-state index contributed by atoms with van der Waals surface area (Å²) in [7, 11) is 0. The second-order valence-corrected chi connectivity index (χ2v) is 3.36. The number of aromatic nitrogens is 2. The molecule has 1 aliphatic carbocycles. The molecule has 0 bridgehead atoms. The van der Waals surface area contributed by atoms with E-state index >= 15 is 0 Å². The molecule has 0 fully saturated rings. The van der Waals surface area contributed by atoms with Gasteiger partial charge in [0, 0.05) is 0 Å². The number of hydrogen-bond donors (Lipinski definition) is 0. The molecule has 0 N–H and O–H groups in total. The van der Waals surface area contributed by atoms with E-state index in [2.05, 4.69) is 17.1 Å². The molecule has 0 saturated heterocycles. The van der Waals surface area contributed by atoms with Gasteiger partial charge in [-0.25, -0.2) is 0 Å². The second kappa shape index (κ2) is 3.21. The minimum atomic E-state index is 1.02. The molecular formula is C10H14N2. The average molecular weight is 162 g/mol. The molecule has 2 heteroatoms. The minimum absolute atomic E-state index is 1.02. The molecule has 1 heterocycles. The van der Waals surface area contributed by atoms with E-state index in [-0.39, 0.29) is 0 Å². The van der Waals surface area contributed by atoms with Crippen LogP contribution in [0.1, 0.15) is 36.6 Å². The van der Waals surface area contributed by atoms with Gasteiger partial charge in [0.25, 0.3) is 0 Å². The van der Waals surface area contributed by atoms with E-state index in [1.165, 1.54) is 42.5 Å². The molecule has 2 nitrogen and oxygen atoms in total. The third-order valence-corrected chi connectivity index (χ3v) is 2.59. The lowest BCUT2D eigenvalue weighted by molar-refractivity contribution is 0.661. The van der Waals surface area contributed by atoms with E-state index in [9.17, 15) is 0 Å². The number of nitrogens with zero attached hydrogens (tertiary/aromatic N) is 2. The van der Waals surface area contributed by atoms with Crippen LogP contribution >= 0.6 is 0 Å². The first-order valence-corrected chi connectivity index (χ1v) is 4.74. The van der Waals surface area contributed by atoms with E-state index < -0.39 is 0 Å². The Morgan fingerprint density at radius 1 is 1.33 bits per heavy atom. The van der Waals surface area contributed by atoms with E-state index in [1.807, 2.05) is 6.20 Å². The molecule has 0 radical (unpaired) electrons. The maximum absolute atomic E-state index is 4.16. The Balaban J connectivity index is 2.44. The fourth-order valence-electron chi connectivity index (χ4n) is 1.91.